The molecule has 1 aliphatic carbocycles. The molecular formula is C31H39F. The molecule has 1 heteroatoms. The average Bonchev–Trinajstić information content (AvgIpc) is 2.84. The van der Waals surface area contributed by atoms with Gasteiger partial charge in [-0.15, -0.1) is 0 Å². The Morgan fingerprint density at radius 3 is 2.22 bits per heavy atom. The molecule has 0 heterocycles. The third-order valence-corrected chi connectivity index (χ3v) is 7.70. The predicted octanol–water partition coefficient (Wildman–Crippen LogP) is 9.18. The minimum Gasteiger partial charge on any atom is -0.206 e. The summed E-state index contributed by atoms with van der Waals surface area (Å²) in [6.07, 6.45) is 13.9. The fourth-order valence-corrected chi connectivity index (χ4v) is 5.53. The van der Waals surface area contributed by atoms with Crippen LogP contribution < -0.4 is 0 Å². The predicted molar refractivity (Wildman–Crippen MR) is 136 cm³/mol. The standard InChI is InChI=1S/C31H39F/c1-3-5-6-7-23-10-15-27(16-11-23)28-17-12-24(13-18-28)8-9-25-14-21-30-29(22-25)20-19-26(4-2)31(30)32/h12-14,17-23,27H,3-11,15-16H2,1-2H3. The molecule has 0 bridgehead atoms. The van der Waals surface area contributed by atoms with Crippen LogP contribution in [0.5, 0.6) is 0 Å². The van der Waals surface area contributed by atoms with E-state index < -0.39 is 0 Å². The number of fused-ring (bicyclic) bond motifs is 1. The molecule has 4 rings (SSSR count). The lowest BCUT2D eigenvalue weighted by Crippen LogP contribution is -2.13. The molecule has 3 aromatic carbocycles. The van der Waals surface area contributed by atoms with Crippen molar-refractivity contribution in [1.29, 1.82) is 0 Å². The van der Waals surface area contributed by atoms with Crippen molar-refractivity contribution in [3.05, 3.63) is 82.7 Å². The number of aryl methyl sites for hydroxylation is 3. The van der Waals surface area contributed by atoms with Gasteiger partial charge in [0.2, 0.25) is 0 Å². The summed E-state index contributed by atoms with van der Waals surface area (Å²) in [7, 11) is 0. The van der Waals surface area contributed by atoms with E-state index in [-0.39, 0.29) is 5.82 Å². The van der Waals surface area contributed by atoms with Gasteiger partial charge in [-0.25, -0.2) is 4.39 Å². The largest absolute Gasteiger partial charge is 0.206 e. The number of unbranched alkanes of at least 4 members (excludes halogenated alkanes) is 2. The Labute approximate surface area is 194 Å². The van der Waals surface area contributed by atoms with Crippen molar-refractivity contribution >= 4 is 10.8 Å². The number of benzene rings is 3. The number of hydrogen-bond donors (Lipinski definition) is 0. The quantitative estimate of drug-likeness (QED) is 0.297. The third-order valence-electron chi connectivity index (χ3n) is 7.70. The fourth-order valence-electron chi connectivity index (χ4n) is 5.53. The van der Waals surface area contributed by atoms with E-state index >= 15 is 0 Å². The van der Waals surface area contributed by atoms with Crippen molar-refractivity contribution in [3.63, 3.8) is 0 Å². The first-order valence-electron chi connectivity index (χ1n) is 13.0. The Kier molecular flexibility index (Phi) is 8.00. The summed E-state index contributed by atoms with van der Waals surface area (Å²) in [6, 6.07) is 19.6. The molecule has 0 aliphatic heterocycles. The molecule has 1 saturated carbocycles. The number of hydrogen-bond acceptors (Lipinski definition) is 0. The Balaban J connectivity index is 1.31. The molecule has 170 valence electrons. The molecule has 0 amide bonds. The summed E-state index contributed by atoms with van der Waals surface area (Å²) in [6.45, 7) is 4.30. The Morgan fingerprint density at radius 2 is 1.50 bits per heavy atom. The van der Waals surface area contributed by atoms with E-state index in [1.54, 1.807) is 0 Å². The fraction of sp³-hybridized carbons (Fsp3) is 0.484. The van der Waals surface area contributed by atoms with Crippen LogP contribution in [0.2, 0.25) is 0 Å². The topological polar surface area (TPSA) is 0 Å². The van der Waals surface area contributed by atoms with Gasteiger partial charge in [0.15, 0.2) is 0 Å². The van der Waals surface area contributed by atoms with Crippen LogP contribution in [0, 0.1) is 11.7 Å². The highest BCUT2D eigenvalue weighted by Crippen LogP contribution is 2.37. The first-order chi connectivity index (χ1) is 15.7. The summed E-state index contributed by atoms with van der Waals surface area (Å²) in [5.41, 5.74) is 5.02. The summed E-state index contributed by atoms with van der Waals surface area (Å²) in [4.78, 5) is 0. The van der Waals surface area contributed by atoms with Crippen LogP contribution in [-0.2, 0) is 19.3 Å². The zero-order valence-corrected chi connectivity index (χ0v) is 20.0. The lowest BCUT2D eigenvalue weighted by atomic mass is 9.77. The van der Waals surface area contributed by atoms with Crippen molar-refractivity contribution in [1.82, 2.24) is 0 Å². The molecule has 0 aromatic heterocycles. The Bertz CT molecular complexity index is 993. The molecule has 32 heavy (non-hydrogen) atoms. The van der Waals surface area contributed by atoms with Gasteiger partial charge in [0.1, 0.15) is 5.82 Å². The molecule has 0 unspecified atom stereocenters. The minimum absolute atomic E-state index is 0.0536. The van der Waals surface area contributed by atoms with Crippen LogP contribution >= 0.6 is 0 Å². The van der Waals surface area contributed by atoms with Crippen LogP contribution in [-0.4, -0.2) is 0 Å². The van der Waals surface area contributed by atoms with Gasteiger partial charge < -0.3 is 0 Å². The molecule has 0 atom stereocenters. The van der Waals surface area contributed by atoms with Crippen molar-refractivity contribution < 1.29 is 4.39 Å². The second-order valence-corrected chi connectivity index (χ2v) is 9.90. The van der Waals surface area contributed by atoms with E-state index in [2.05, 4.69) is 49.4 Å². The molecular weight excluding hydrogens is 391 g/mol. The van der Waals surface area contributed by atoms with Gasteiger partial charge in [-0.2, -0.15) is 0 Å². The zero-order chi connectivity index (χ0) is 22.3. The van der Waals surface area contributed by atoms with E-state index in [1.165, 1.54) is 68.1 Å². The van der Waals surface area contributed by atoms with E-state index in [0.717, 1.165) is 47.4 Å². The Hall–Kier alpha value is -2.15. The van der Waals surface area contributed by atoms with Crippen LogP contribution in [0.4, 0.5) is 4.39 Å². The monoisotopic (exact) mass is 430 g/mol. The molecule has 1 aliphatic rings. The van der Waals surface area contributed by atoms with Crippen LogP contribution in [0.3, 0.4) is 0 Å². The van der Waals surface area contributed by atoms with Gasteiger partial charge in [-0.3, -0.25) is 0 Å². The van der Waals surface area contributed by atoms with Gasteiger partial charge >= 0.3 is 0 Å². The highest BCUT2D eigenvalue weighted by Gasteiger charge is 2.22. The highest BCUT2D eigenvalue weighted by atomic mass is 19.1. The average molecular weight is 431 g/mol. The van der Waals surface area contributed by atoms with Gasteiger partial charge in [-0.1, -0.05) is 94.1 Å². The van der Waals surface area contributed by atoms with E-state index in [0.29, 0.717) is 0 Å². The first kappa shape index (κ1) is 23.0. The minimum atomic E-state index is -0.0536. The first-order valence-corrected chi connectivity index (χ1v) is 13.0. The van der Waals surface area contributed by atoms with Gasteiger partial charge in [-0.05, 0) is 84.4 Å². The lowest BCUT2D eigenvalue weighted by Gasteiger charge is -2.29. The van der Waals surface area contributed by atoms with E-state index in [1.807, 2.05) is 19.1 Å². The van der Waals surface area contributed by atoms with Gasteiger partial charge in [0.05, 0.1) is 0 Å². The van der Waals surface area contributed by atoms with Crippen molar-refractivity contribution in [2.24, 2.45) is 5.92 Å². The van der Waals surface area contributed by atoms with Gasteiger partial charge in [0.25, 0.3) is 0 Å². The smallest absolute Gasteiger partial charge is 0.134 e. The second-order valence-electron chi connectivity index (χ2n) is 9.90. The van der Waals surface area contributed by atoms with Gasteiger partial charge in [0, 0.05) is 5.39 Å². The maximum absolute atomic E-state index is 14.5. The number of rotatable bonds is 9. The van der Waals surface area contributed by atoms with Crippen LogP contribution in [0.1, 0.15) is 93.4 Å². The van der Waals surface area contributed by atoms with Crippen LogP contribution in [0.15, 0.2) is 54.6 Å². The normalized spacial score (nSPS) is 18.8. The molecule has 0 nitrogen and oxygen atoms in total. The highest BCUT2D eigenvalue weighted by molar-refractivity contribution is 5.84. The molecule has 3 aromatic rings. The molecule has 0 N–H and O–H groups in total. The third kappa shape index (κ3) is 5.61. The van der Waals surface area contributed by atoms with E-state index in [4.69, 9.17) is 0 Å². The molecule has 1 fully saturated rings. The summed E-state index contributed by atoms with van der Waals surface area (Å²) in [5.74, 6) is 1.68. The zero-order valence-electron chi connectivity index (χ0n) is 20.0. The lowest BCUT2D eigenvalue weighted by molar-refractivity contribution is 0.303. The summed E-state index contributed by atoms with van der Waals surface area (Å²) >= 11 is 0. The summed E-state index contributed by atoms with van der Waals surface area (Å²) < 4.78 is 14.5. The Morgan fingerprint density at radius 1 is 0.781 bits per heavy atom. The molecule has 0 spiro atoms. The van der Waals surface area contributed by atoms with Crippen molar-refractivity contribution in [2.75, 3.05) is 0 Å². The maximum Gasteiger partial charge on any atom is 0.134 e. The van der Waals surface area contributed by atoms with Crippen LogP contribution in [0.25, 0.3) is 10.8 Å². The molecule has 0 saturated heterocycles. The van der Waals surface area contributed by atoms with Crippen molar-refractivity contribution in [2.45, 2.75) is 90.4 Å². The molecule has 0 radical (unpaired) electrons. The van der Waals surface area contributed by atoms with Crippen molar-refractivity contribution in [3.8, 4) is 0 Å². The van der Waals surface area contributed by atoms with E-state index in [9.17, 15) is 4.39 Å². The summed E-state index contributed by atoms with van der Waals surface area (Å²) in [5, 5.41) is 1.76. The SMILES string of the molecule is CCCCCC1CCC(c2ccc(CCc3ccc4c(F)c(CC)ccc4c3)cc2)CC1. The number of halogens is 1. The second kappa shape index (κ2) is 11.1. The maximum atomic E-state index is 14.5.